The van der Waals surface area contributed by atoms with Crippen LogP contribution in [0.2, 0.25) is 0 Å². The normalized spacial score (nSPS) is 9.08. The summed E-state index contributed by atoms with van der Waals surface area (Å²) in [7, 11) is 1.63. The molecule has 0 N–H and O–H groups in total. The Hall–Kier alpha value is -1.51. The van der Waals surface area contributed by atoms with Gasteiger partial charge < -0.3 is 9.57 Å². The maximum absolute atomic E-state index is 5.03. The average molecular weight is 165 g/mol. The van der Waals surface area contributed by atoms with Crippen molar-refractivity contribution >= 4 is 6.72 Å². The van der Waals surface area contributed by atoms with E-state index in [1.165, 1.54) is 0 Å². The first-order valence-electron chi connectivity index (χ1n) is 3.57. The fourth-order valence-corrected chi connectivity index (χ4v) is 0.882. The second kappa shape index (κ2) is 4.38. The zero-order chi connectivity index (χ0) is 8.81. The molecule has 0 aromatic heterocycles. The van der Waals surface area contributed by atoms with E-state index < -0.39 is 0 Å². The lowest BCUT2D eigenvalue weighted by Crippen LogP contribution is -1.88. The molecule has 0 radical (unpaired) electrons. The van der Waals surface area contributed by atoms with Crippen LogP contribution in [0.5, 0.6) is 5.75 Å². The molecule has 0 atom stereocenters. The molecule has 0 fully saturated rings. The van der Waals surface area contributed by atoms with E-state index in [2.05, 4.69) is 11.9 Å². The maximum atomic E-state index is 5.03. The Kier molecular flexibility index (Phi) is 3.14. The van der Waals surface area contributed by atoms with E-state index in [0.717, 1.165) is 11.3 Å². The Morgan fingerprint density at radius 3 is 3.00 bits per heavy atom. The number of hydrogen-bond acceptors (Lipinski definition) is 3. The Balaban J connectivity index is 2.65. The molecule has 0 spiro atoms. The second-order valence-electron chi connectivity index (χ2n) is 2.25. The van der Waals surface area contributed by atoms with Gasteiger partial charge in [-0.25, -0.2) is 0 Å². The smallest absolute Gasteiger partial charge is 0.142 e. The maximum Gasteiger partial charge on any atom is 0.142 e. The molecule has 0 saturated heterocycles. The van der Waals surface area contributed by atoms with Crippen molar-refractivity contribution < 1.29 is 9.57 Å². The lowest BCUT2D eigenvalue weighted by molar-refractivity contribution is 0.133. The lowest BCUT2D eigenvalue weighted by atomic mass is 10.2. The summed E-state index contributed by atoms with van der Waals surface area (Å²) in [5, 5.41) is 3.30. The van der Waals surface area contributed by atoms with E-state index in [-0.39, 0.29) is 0 Å². The van der Waals surface area contributed by atoms with Crippen LogP contribution < -0.4 is 4.74 Å². The van der Waals surface area contributed by atoms with Crippen molar-refractivity contribution in [3.63, 3.8) is 0 Å². The number of oxime groups is 1. The number of nitrogens with zero attached hydrogens (tertiary/aromatic N) is 1. The minimum absolute atomic E-state index is 0.431. The van der Waals surface area contributed by atoms with Gasteiger partial charge in [-0.3, -0.25) is 0 Å². The molecule has 0 bridgehead atoms. The monoisotopic (exact) mass is 165 g/mol. The van der Waals surface area contributed by atoms with Crippen LogP contribution in [-0.2, 0) is 11.4 Å². The van der Waals surface area contributed by atoms with Gasteiger partial charge in [-0.2, -0.15) is 0 Å². The summed E-state index contributed by atoms with van der Waals surface area (Å²) < 4.78 is 5.03. The Labute approximate surface area is 71.6 Å². The summed E-state index contributed by atoms with van der Waals surface area (Å²) in [6.45, 7) is 3.65. The first-order valence-corrected chi connectivity index (χ1v) is 3.57. The van der Waals surface area contributed by atoms with Crippen LogP contribution in [0.15, 0.2) is 29.4 Å². The largest absolute Gasteiger partial charge is 0.497 e. The third-order valence-electron chi connectivity index (χ3n) is 1.46. The van der Waals surface area contributed by atoms with Crippen LogP contribution in [0, 0.1) is 0 Å². The second-order valence-corrected chi connectivity index (χ2v) is 2.25. The van der Waals surface area contributed by atoms with E-state index in [9.17, 15) is 0 Å². The Morgan fingerprint density at radius 1 is 1.50 bits per heavy atom. The molecule has 64 valence electrons. The van der Waals surface area contributed by atoms with Gasteiger partial charge >= 0.3 is 0 Å². The van der Waals surface area contributed by atoms with Gasteiger partial charge in [-0.1, -0.05) is 12.1 Å². The van der Waals surface area contributed by atoms with Gasteiger partial charge in [0.2, 0.25) is 0 Å². The van der Waals surface area contributed by atoms with Crippen LogP contribution in [0.4, 0.5) is 0 Å². The summed E-state index contributed by atoms with van der Waals surface area (Å²) in [4.78, 5) is 4.78. The van der Waals surface area contributed by atoms with Crippen molar-refractivity contribution in [2.24, 2.45) is 5.16 Å². The van der Waals surface area contributed by atoms with Crippen LogP contribution in [0.1, 0.15) is 5.56 Å². The molecule has 0 heterocycles. The molecule has 1 rings (SSSR count). The predicted molar refractivity (Wildman–Crippen MR) is 47.3 cm³/mol. The number of rotatable bonds is 4. The van der Waals surface area contributed by atoms with Crippen molar-refractivity contribution in [2.45, 2.75) is 6.61 Å². The molecule has 0 aliphatic heterocycles. The fraction of sp³-hybridized carbons (Fsp3) is 0.222. The SMILES string of the molecule is C=NOCc1cccc(OC)c1. The molecule has 0 saturated carbocycles. The first kappa shape index (κ1) is 8.59. The highest BCUT2D eigenvalue weighted by Crippen LogP contribution is 2.12. The number of ether oxygens (including phenoxy) is 1. The predicted octanol–water partition coefficient (Wildman–Crippen LogP) is 1.83. The standard InChI is InChI=1S/C9H11NO2/c1-10-12-7-8-4-3-5-9(6-8)11-2/h3-6H,1,7H2,2H3. The molecule has 0 amide bonds. The number of hydrogen-bond donors (Lipinski definition) is 0. The van der Waals surface area contributed by atoms with Gasteiger partial charge in [-0.05, 0) is 17.7 Å². The highest BCUT2D eigenvalue weighted by atomic mass is 16.6. The van der Waals surface area contributed by atoms with E-state index in [4.69, 9.17) is 9.57 Å². The molecule has 0 unspecified atom stereocenters. The molecule has 0 aliphatic carbocycles. The van der Waals surface area contributed by atoms with Crippen LogP contribution in [-0.4, -0.2) is 13.8 Å². The summed E-state index contributed by atoms with van der Waals surface area (Å²) in [6.07, 6.45) is 0. The van der Waals surface area contributed by atoms with Crippen molar-refractivity contribution in [1.29, 1.82) is 0 Å². The Bertz CT molecular complexity index is 260. The summed E-state index contributed by atoms with van der Waals surface area (Å²) >= 11 is 0. The van der Waals surface area contributed by atoms with E-state index in [1.54, 1.807) is 7.11 Å². The average Bonchev–Trinajstić information content (AvgIpc) is 2.15. The van der Waals surface area contributed by atoms with Crippen LogP contribution in [0.3, 0.4) is 0 Å². The quantitative estimate of drug-likeness (QED) is 0.503. The minimum Gasteiger partial charge on any atom is -0.497 e. The molecular weight excluding hydrogens is 154 g/mol. The van der Waals surface area contributed by atoms with Crippen molar-refractivity contribution in [3.05, 3.63) is 29.8 Å². The summed E-state index contributed by atoms with van der Waals surface area (Å²) in [5.74, 6) is 0.820. The van der Waals surface area contributed by atoms with Crippen molar-refractivity contribution in [2.75, 3.05) is 7.11 Å². The molecule has 0 aliphatic rings. The highest BCUT2D eigenvalue weighted by Gasteiger charge is 1.94. The zero-order valence-electron chi connectivity index (χ0n) is 6.99. The Morgan fingerprint density at radius 2 is 2.33 bits per heavy atom. The van der Waals surface area contributed by atoms with E-state index in [0.29, 0.717) is 6.61 Å². The topological polar surface area (TPSA) is 30.8 Å². The third-order valence-corrected chi connectivity index (χ3v) is 1.46. The molecule has 12 heavy (non-hydrogen) atoms. The zero-order valence-corrected chi connectivity index (χ0v) is 6.99. The van der Waals surface area contributed by atoms with Gasteiger partial charge in [-0.15, -0.1) is 5.16 Å². The van der Waals surface area contributed by atoms with Crippen molar-refractivity contribution in [1.82, 2.24) is 0 Å². The molecule has 1 aromatic rings. The molecule has 3 heteroatoms. The minimum atomic E-state index is 0.431. The third kappa shape index (κ3) is 2.27. The number of methoxy groups -OCH3 is 1. The molecule has 3 nitrogen and oxygen atoms in total. The van der Waals surface area contributed by atoms with Crippen LogP contribution in [0.25, 0.3) is 0 Å². The van der Waals surface area contributed by atoms with Gasteiger partial charge in [0.05, 0.1) is 7.11 Å². The van der Waals surface area contributed by atoms with Gasteiger partial charge in [0.25, 0.3) is 0 Å². The highest BCUT2D eigenvalue weighted by molar-refractivity contribution is 5.28. The first-order chi connectivity index (χ1) is 5.86. The van der Waals surface area contributed by atoms with Gasteiger partial charge in [0, 0.05) is 6.72 Å². The van der Waals surface area contributed by atoms with Gasteiger partial charge in [0.1, 0.15) is 12.4 Å². The van der Waals surface area contributed by atoms with Gasteiger partial charge in [0.15, 0.2) is 0 Å². The van der Waals surface area contributed by atoms with E-state index >= 15 is 0 Å². The summed E-state index contributed by atoms with van der Waals surface area (Å²) in [6, 6.07) is 7.62. The summed E-state index contributed by atoms with van der Waals surface area (Å²) in [5.41, 5.74) is 1.02. The van der Waals surface area contributed by atoms with E-state index in [1.807, 2.05) is 24.3 Å². The van der Waals surface area contributed by atoms with Crippen molar-refractivity contribution in [3.8, 4) is 5.75 Å². The van der Waals surface area contributed by atoms with Crippen LogP contribution >= 0.6 is 0 Å². The lowest BCUT2D eigenvalue weighted by Gasteiger charge is -2.02. The molecule has 1 aromatic carbocycles. The number of benzene rings is 1. The molecular formula is C9H11NO2. The fourth-order valence-electron chi connectivity index (χ4n) is 0.882.